The molecule has 30 heavy (non-hydrogen) atoms. The van der Waals surface area contributed by atoms with Gasteiger partial charge in [-0.15, -0.1) is 11.3 Å². The van der Waals surface area contributed by atoms with Gasteiger partial charge in [-0.1, -0.05) is 12.1 Å². The number of nitrogens with zero attached hydrogens (tertiary/aromatic N) is 5. The van der Waals surface area contributed by atoms with E-state index in [4.69, 9.17) is 0 Å². The third kappa shape index (κ3) is 3.52. The van der Waals surface area contributed by atoms with Crippen LogP contribution < -0.4 is 11.1 Å². The quantitative estimate of drug-likeness (QED) is 0.594. The standard InChI is InChI=1S/C21H22FN5O2S/c1-14-23-17(11-30-14)10-27-20(29)19(28)26-13-21(8-18(26)24-27)6-7-25(12-21)9-15-2-4-16(22)5-3-15/h2-5,11H,6-10,12-13H2,1H3/t21-/m0/s1. The highest BCUT2D eigenvalue weighted by Crippen LogP contribution is 2.39. The highest BCUT2D eigenvalue weighted by molar-refractivity contribution is 7.09. The van der Waals surface area contributed by atoms with E-state index in [2.05, 4.69) is 15.0 Å². The van der Waals surface area contributed by atoms with E-state index >= 15 is 0 Å². The Morgan fingerprint density at radius 2 is 1.93 bits per heavy atom. The average molecular weight is 428 g/mol. The van der Waals surface area contributed by atoms with E-state index in [-0.39, 0.29) is 17.8 Å². The first-order valence-electron chi connectivity index (χ1n) is 9.99. The molecule has 1 fully saturated rings. The lowest BCUT2D eigenvalue weighted by Crippen LogP contribution is -2.43. The third-order valence-corrected chi connectivity index (χ3v) is 6.87. The molecule has 1 saturated heterocycles. The molecule has 9 heteroatoms. The van der Waals surface area contributed by atoms with E-state index in [0.717, 1.165) is 42.3 Å². The fourth-order valence-corrected chi connectivity index (χ4v) is 5.23. The van der Waals surface area contributed by atoms with Gasteiger partial charge < -0.3 is 0 Å². The molecule has 1 atom stereocenters. The Labute approximate surface area is 176 Å². The number of fused-ring (bicyclic) bond motifs is 1. The van der Waals surface area contributed by atoms with Gasteiger partial charge in [0.15, 0.2) is 0 Å². The molecule has 156 valence electrons. The van der Waals surface area contributed by atoms with Crippen LogP contribution in [0.4, 0.5) is 4.39 Å². The first-order valence-corrected chi connectivity index (χ1v) is 10.9. The van der Waals surface area contributed by atoms with Gasteiger partial charge in [0.05, 0.1) is 17.2 Å². The average Bonchev–Trinajstić information content (AvgIpc) is 3.41. The van der Waals surface area contributed by atoms with Crippen LogP contribution in [-0.4, -0.2) is 37.3 Å². The predicted octanol–water partition coefficient (Wildman–Crippen LogP) is 1.81. The Hall–Kier alpha value is -2.65. The molecule has 0 amide bonds. The number of aromatic nitrogens is 4. The van der Waals surface area contributed by atoms with E-state index in [0.29, 0.717) is 18.8 Å². The molecule has 1 spiro atoms. The first kappa shape index (κ1) is 19.3. The lowest BCUT2D eigenvalue weighted by atomic mass is 9.86. The van der Waals surface area contributed by atoms with Crippen LogP contribution in [0.25, 0.3) is 0 Å². The molecule has 7 nitrogen and oxygen atoms in total. The van der Waals surface area contributed by atoms with Crippen LogP contribution in [0.5, 0.6) is 0 Å². The number of benzene rings is 1. The van der Waals surface area contributed by atoms with Crippen LogP contribution in [0.3, 0.4) is 0 Å². The van der Waals surface area contributed by atoms with Gasteiger partial charge in [0.2, 0.25) is 0 Å². The number of rotatable bonds is 4. The summed E-state index contributed by atoms with van der Waals surface area (Å²) in [6, 6.07) is 6.58. The van der Waals surface area contributed by atoms with Gasteiger partial charge >= 0.3 is 11.1 Å². The maximum absolute atomic E-state index is 13.2. The van der Waals surface area contributed by atoms with E-state index in [1.807, 2.05) is 24.4 Å². The largest absolute Gasteiger partial charge is 0.332 e. The molecule has 0 unspecified atom stereocenters. The third-order valence-electron chi connectivity index (χ3n) is 6.05. The molecule has 2 aliphatic heterocycles. The molecule has 4 heterocycles. The zero-order valence-corrected chi connectivity index (χ0v) is 17.5. The number of likely N-dealkylation sites (tertiary alicyclic amines) is 1. The topological polar surface area (TPSA) is 73.0 Å². The second kappa shape index (κ2) is 7.24. The Morgan fingerprint density at radius 1 is 1.13 bits per heavy atom. The van der Waals surface area contributed by atoms with Crippen molar-refractivity contribution in [3.05, 3.63) is 78.3 Å². The van der Waals surface area contributed by atoms with Crippen LogP contribution in [0.15, 0.2) is 39.2 Å². The zero-order valence-electron chi connectivity index (χ0n) is 16.7. The normalized spacial score (nSPS) is 20.9. The highest BCUT2D eigenvalue weighted by atomic mass is 32.1. The monoisotopic (exact) mass is 427 g/mol. The van der Waals surface area contributed by atoms with E-state index < -0.39 is 11.1 Å². The van der Waals surface area contributed by atoms with Crippen LogP contribution in [0, 0.1) is 18.2 Å². The van der Waals surface area contributed by atoms with Crippen molar-refractivity contribution in [2.24, 2.45) is 5.41 Å². The van der Waals surface area contributed by atoms with Crippen molar-refractivity contribution < 1.29 is 4.39 Å². The molecule has 0 radical (unpaired) electrons. The number of hydrogen-bond donors (Lipinski definition) is 0. The van der Waals surface area contributed by atoms with Crippen molar-refractivity contribution in [1.82, 2.24) is 24.2 Å². The van der Waals surface area contributed by atoms with E-state index in [9.17, 15) is 14.0 Å². The van der Waals surface area contributed by atoms with Crippen molar-refractivity contribution >= 4 is 11.3 Å². The summed E-state index contributed by atoms with van der Waals surface area (Å²) < 4.78 is 16.0. The minimum atomic E-state index is -0.595. The predicted molar refractivity (Wildman–Crippen MR) is 111 cm³/mol. The lowest BCUT2D eigenvalue weighted by molar-refractivity contribution is 0.246. The molecular weight excluding hydrogens is 405 g/mol. The van der Waals surface area contributed by atoms with Crippen LogP contribution >= 0.6 is 11.3 Å². The summed E-state index contributed by atoms with van der Waals surface area (Å²) in [5.74, 6) is 0.443. The number of aryl methyl sites for hydroxylation is 1. The van der Waals surface area contributed by atoms with Gasteiger partial charge in [0.1, 0.15) is 11.6 Å². The molecule has 0 aliphatic carbocycles. The molecule has 1 aromatic carbocycles. The fraction of sp³-hybridized carbons (Fsp3) is 0.429. The number of halogens is 1. The van der Waals surface area contributed by atoms with E-state index in [1.165, 1.54) is 28.2 Å². The Morgan fingerprint density at radius 3 is 2.67 bits per heavy atom. The molecular formula is C21H22FN5O2S. The van der Waals surface area contributed by atoms with Crippen molar-refractivity contribution in [2.75, 3.05) is 13.1 Å². The highest BCUT2D eigenvalue weighted by Gasteiger charge is 2.44. The Kier molecular flexibility index (Phi) is 4.67. The number of hydrogen-bond acceptors (Lipinski definition) is 6. The van der Waals surface area contributed by atoms with Crippen molar-refractivity contribution in [1.29, 1.82) is 0 Å². The summed E-state index contributed by atoms with van der Waals surface area (Å²) in [6.07, 6.45) is 1.62. The minimum Gasteiger partial charge on any atom is -0.298 e. The fourth-order valence-electron chi connectivity index (χ4n) is 4.63. The summed E-state index contributed by atoms with van der Waals surface area (Å²) in [7, 11) is 0. The summed E-state index contributed by atoms with van der Waals surface area (Å²) in [5, 5.41) is 7.34. The van der Waals surface area contributed by atoms with Gasteiger partial charge in [0.25, 0.3) is 0 Å². The molecule has 0 N–H and O–H groups in total. The Balaban J connectivity index is 1.35. The summed E-state index contributed by atoms with van der Waals surface area (Å²) in [5.41, 5.74) is 0.638. The van der Waals surface area contributed by atoms with Crippen LogP contribution in [0.2, 0.25) is 0 Å². The molecule has 3 aromatic rings. The van der Waals surface area contributed by atoms with Gasteiger partial charge in [-0.05, 0) is 37.6 Å². The molecule has 5 rings (SSSR count). The number of thiazole rings is 1. The summed E-state index contributed by atoms with van der Waals surface area (Å²) >= 11 is 1.51. The smallest absolute Gasteiger partial charge is 0.298 e. The maximum Gasteiger partial charge on any atom is 0.332 e. The van der Waals surface area contributed by atoms with Crippen molar-refractivity contribution in [3.63, 3.8) is 0 Å². The van der Waals surface area contributed by atoms with Gasteiger partial charge in [0, 0.05) is 36.9 Å². The van der Waals surface area contributed by atoms with Crippen LogP contribution in [-0.2, 0) is 26.1 Å². The second-order valence-corrected chi connectivity index (χ2v) is 9.45. The zero-order chi connectivity index (χ0) is 20.9. The minimum absolute atomic E-state index is 0.0813. The van der Waals surface area contributed by atoms with Crippen molar-refractivity contribution in [3.8, 4) is 0 Å². The van der Waals surface area contributed by atoms with Crippen molar-refractivity contribution in [2.45, 2.75) is 39.4 Å². The van der Waals surface area contributed by atoms with Gasteiger partial charge in [-0.2, -0.15) is 5.10 Å². The van der Waals surface area contributed by atoms with Gasteiger partial charge in [-0.25, -0.2) is 14.1 Å². The van der Waals surface area contributed by atoms with Crippen LogP contribution in [0.1, 0.15) is 28.5 Å². The van der Waals surface area contributed by atoms with Gasteiger partial charge in [-0.3, -0.25) is 19.1 Å². The maximum atomic E-state index is 13.2. The SMILES string of the molecule is Cc1nc(Cn2nc3n(c(=O)c2=O)C[C@@]2(CCN(Cc4ccc(F)cc4)C2)C3)cs1. The van der Waals surface area contributed by atoms with E-state index in [1.54, 1.807) is 4.57 Å². The summed E-state index contributed by atoms with van der Waals surface area (Å²) in [6.45, 7) is 5.13. The Bertz CT molecular complexity index is 1220. The molecule has 0 bridgehead atoms. The summed E-state index contributed by atoms with van der Waals surface area (Å²) in [4.78, 5) is 32.0. The second-order valence-electron chi connectivity index (χ2n) is 8.39. The molecule has 2 aliphatic rings. The first-order chi connectivity index (χ1) is 14.4. The molecule has 0 saturated carbocycles. The molecule has 2 aromatic heterocycles. The lowest BCUT2D eigenvalue weighted by Gasteiger charge is -2.22.